The van der Waals surface area contributed by atoms with E-state index in [0.29, 0.717) is 17.5 Å². The first-order chi connectivity index (χ1) is 26.7. The molecule has 1 aromatic heterocycles. The summed E-state index contributed by atoms with van der Waals surface area (Å²) in [6.07, 6.45) is 6.38. The van der Waals surface area contributed by atoms with Crippen LogP contribution < -0.4 is 0 Å². The van der Waals surface area contributed by atoms with Crippen LogP contribution in [0.4, 0.5) is 0 Å². The van der Waals surface area contributed by atoms with E-state index in [1.165, 1.54) is 76.6 Å². The Balaban J connectivity index is 0.948. The average Bonchev–Trinajstić information content (AvgIpc) is 3.53. The van der Waals surface area contributed by atoms with Crippen LogP contribution in [-0.2, 0) is 5.41 Å². The molecule has 0 saturated heterocycles. The summed E-state index contributed by atoms with van der Waals surface area (Å²) in [5.41, 5.74) is 16.4. The first kappa shape index (κ1) is 32.2. The lowest BCUT2D eigenvalue weighted by atomic mass is 9.66. The number of hydrogen-bond donors (Lipinski definition) is 0. The fourth-order valence-electron chi connectivity index (χ4n) is 8.95. The summed E-state index contributed by atoms with van der Waals surface area (Å²) in [6, 6.07) is 63.0. The molecule has 0 bridgehead atoms. The third kappa shape index (κ3) is 5.64. The zero-order chi connectivity index (χ0) is 35.9. The van der Waals surface area contributed by atoms with Gasteiger partial charge in [-0.15, -0.1) is 0 Å². The van der Waals surface area contributed by atoms with Crippen molar-refractivity contribution in [2.75, 3.05) is 0 Å². The third-order valence-electron chi connectivity index (χ3n) is 11.6. The van der Waals surface area contributed by atoms with Crippen molar-refractivity contribution in [2.24, 2.45) is 0 Å². The van der Waals surface area contributed by atoms with Crippen LogP contribution in [0.25, 0.3) is 78.7 Å². The van der Waals surface area contributed by atoms with Crippen molar-refractivity contribution in [2.45, 2.75) is 37.5 Å². The maximum atomic E-state index is 4.91. The summed E-state index contributed by atoms with van der Waals surface area (Å²) in [7, 11) is 0. The van der Waals surface area contributed by atoms with Gasteiger partial charge in [-0.2, -0.15) is 0 Å². The van der Waals surface area contributed by atoms with Gasteiger partial charge in [-0.3, -0.25) is 0 Å². The van der Waals surface area contributed by atoms with E-state index in [2.05, 4.69) is 115 Å². The molecule has 1 fully saturated rings. The molecule has 0 radical (unpaired) electrons. The summed E-state index contributed by atoms with van der Waals surface area (Å²) < 4.78 is 0. The van der Waals surface area contributed by atoms with E-state index >= 15 is 0 Å². The van der Waals surface area contributed by atoms with Gasteiger partial charge in [-0.25, -0.2) is 15.0 Å². The number of nitrogens with zero attached hydrogens (tertiary/aromatic N) is 3. The summed E-state index contributed by atoms with van der Waals surface area (Å²) in [4.78, 5) is 14.7. The molecule has 0 N–H and O–H groups in total. The molecular formula is C51H39N3. The topological polar surface area (TPSA) is 38.7 Å². The lowest BCUT2D eigenvalue weighted by Crippen LogP contribution is -2.28. The molecule has 3 heteroatoms. The fraction of sp³-hybridized carbons (Fsp3) is 0.118. The quantitative estimate of drug-likeness (QED) is 0.174. The SMILES string of the molecule is c1ccc(-c2nc(-c3ccccc3)nc(-c3ccc(-c4ccc(-c5cccc(-c6cccc7c6C6(CCCCC6)c6ccccc6-7)c5)cc4)cc3)n2)cc1. The molecular weight excluding hydrogens is 655 g/mol. The normalized spacial score (nSPS) is 14.1. The summed E-state index contributed by atoms with van der Waals surface area (Å²) in [5.74, 6) is 1.99. The zero-order valence-corrected chi connectivity index (χ0v) is 30.1. The Bertz CT molecular complexity index is 2550. The second kappa shape index (κ2) is 13.5. The Labute approximate surface area is 317 Å². The molecule has 1 saturated carbocycles. The van der Waals surface area contributed by atoms with Gasteiger partial charge in [0.05, 0.1) is 0 Å². The maximum Gasteiger partial charge on any atom is 0.164 e. The molecule has 2 aliphatic carbocycles. The van der Waals surface area contributed by atoms with Gasteiger partial charge < -0.3 is 0 Å². The van der Waals surface area contributed by atoms with Crippen LogP contribution in [0.1, 0.15) is 43.2 Å². The molecule has 1 heterocycles. The minimum absolute atomic E-state index is 0.117. The molecule has 0 amide bonds. The number of fused-ring (bicyclic) bond motifs is 5. The van der Waals surface area contributed by atoms with Gasteiger partial charge in [0.1, 0.15) is 0 Å². The molecule has 8 aromatic rings. The first-order valence-corrected chi connectivity index (χ1v) is 19.2. The van der Waals surface area contributed by atoms with Gasteiger partial charge in [-0.05, 0) is 74.5 Å². The monoisotopic (exact) mass is 693 g/mol. The highest BCUT2D eigenvalue weighted by Gasteiger charge is 2.45. The molecule has 1 spiro atoms. The van der Waals surface area contributed by atoms with Gasteiger partial charge >= 0.3 is 0 Å². The standard InChI is InChI=1S/C51H39N3/c1-4-14-38(15-5-1)48-52-49(39-16-6-2-7-17-39)54-50(53-48)40-30-28-36(29-31-40)35-24-26-37(27-25-35)41-18-12-19-42(34-41)43-21-13-22-45-44-20-8-9-23-46(44)51(47(43)45)32-10-3-11-33-51/h1-2,4-9,12-31,34H,3,10-11,32-33H2. The van der Waals surface area contributed by atoms with Crippen LogP contribution in [0, 0.1) is 0 Å². The number of aromatic nitrogens is 3. The van der Waals surface area contributed by atoms with Gasteiger partial charge in [-0.1, -0.05) is 189 Å². The minimum atomic E-state index is 0.117. The Morgan fingerprint density at radius 2 is 0.741 bits per heavy atom. The van der Waals surface area contributed by atoms with E-state index in [9.17, 15) is 0 Å². The second-order valence-electron chi connectivity index (χ2n) is 14.7. The van der Waals surface area contributed by atoms with Crippen molar-refractivity contribution in [3.05, 3.63) is 187 Å². The van der Waals surface area contributed by atoms with Crippen molar-refractivity contribution in [3.63, 3.8) is 0 Å². The first-order valence-electron chi connectivity index (χ1n) is 19.2. The van der Waals surface area contributed by atoms with Crippen molar-refractivity contribution < 1.29 is 0 Å². The maximum absolute atomic E-state index is 4.91. The average molecular weight is 694 g/mol. The second-order valence-corrected chi connectivity index (χ2v) is 14.7. The minimum Gasteiger partial charge on any atom is -0.208 e. The van der Waals surface area contributed by atoms with E-state index in [1.54, 1.807) is 5.56 Å². The number of rotatable bonds is 6. The molecule has 2 aliphatic rings. The van der Waals surface area contributed by atoms with Crippen LogP contribution in [0.15, 0.2) is 176 Å². The lowest BCUT2D eigenvalue weighted by molar-refractivity contribution is 0.353. The van der Waals surface area contributed by atoms with Gasteiger partial charge in [0.2, 0.25) is 0 Å². The van der Waals surface area contributed by atoms with Crippen LogP contribution in [0.3, 0.4) is 0 Å². The number of hydrogen-bond acceptors (Lipinski definition) is 3. The van der Waals surface area contributed by atoms with E-state index in [-0.39, 0.29) is 5.41 Å². The zero-order valence-electron chi connectivity index (χ0n) is 30.1. The van der Waals surface area contributed by atoms with Crippen molar-refractivity contribution in [1.82, 2.24) is 15.0 Å². The Kier molecular flexibility index (Phi) is 8.06. The van der Waals surface area contributed by atoms with Crippen LogP contribution >= 0.6 is 0 Å². The van der Waals surface area contributed by atoms with Crippen LogP contribution in [0.5, 0.6) is 0 Å². The molecule has 7 aromatic carbocycles. The highest BCUT2D eigenvalue weighted by molar-refractivity contribution is 5.89. The molecule has 0 unspecified atom stereocenters. The van der Waals surface area contributed by atoms with Gasteiger partial charge in [0.25, 0.3) is 0 Å². The predicted octanol–water partition coefficient (Wildman–Crippen LogP) is 13.1. The van der Waals surface area contributed by atoms with E-state index in [0.717, 1.165) is 22.3 Å². The van der Waals surface area contributed by atoms with E-state index in [1.807, 2.05) is 60.7 Å². The molecule has 10 rings (SSSR count). The molecule has 3 nitrogen and oxygen atoms in total. The van der Waals surface area contributed by atoms with Crippen molar-refractivity contribution in [3.8, 4) is 78.7 Å². The van der Waals surface area contributed by atoms with Crippen LogP contribution in [-0.4, -0.2) is 15.0 Å². The lowest BCUT2D eigenvalue weighted by Gasteiger charge is -2.37. The highest BCUT2D eigenvalue weighted by Crippen LogP contribution is 2.58. The van der Waals surface area contributed by atoms with Crippen molar-refractivity contribution in [1.29, 1.82) is 0 Å². The third-order valence-corrected chi connectivity index (χ3v) is 11.6. The van der Waals surface area contributed by atoms with Gasteiger partial charge in [0, 0.05) is 22.1 Å². The van der Waals surface area contributed by atoms with Crippen molar-refractivity contribution >= 4 is 0 Å². The van der Waals surface area contributed by atoms with Crippen LogP contribution in [0.2, 0.25) is 0 Å². The van der Waals surface area contributed by atoms with E-state index < -0.39 is 0 Å². The molecule has 0 aliphatic heterocycles. The largest absolute Gasteiger partial charge is 0.208 e. The molecule has 0 atom stereocenters. The highest BCUT2D eigenvalue weighted by atomic mass is 15.0. The van der Waals surface area contributed by atoms with E-state index in [4.69, 9.17) is 15.0 Å². The Morgan fingerprint density at radius 3 is 1.35 bits per heavy atom. The molecule has 54 heavy (non-hydrogen) atoms. The Hall–Kier alpha value is -6.45. The predicted molar refractivity (Wildman–Crippen MR) is 222 cm³/mol. The number of benzene rings is 7. The summed E-state index contributed by atoms with van der Waals surface area (Å²) in [5, 5.41) is 0. The Morgan fingerprint density at radius 1 is 0.315 bits per heavy atom. The smallest absolute Gasteiger partial charge is 0.164 e. The summed E-state index contributed by atoms with van der Waals surface area (Å²) >= 11 is 0. The summed E-state index contributed by atoms with van der Waals surface area (Å²) in [6.45, 7) is 0. The molecule has 258 valence electrons. The van der Waals surface area contributed by atoms with Gasteiger partial charge in [0.15, 0.2) is 17.5 Å². The fourth-order valence-corrected chi connectivity index (χ4v) is 8.95.